The number of nitrogens with zero attached hydrogens (tertiary/aromatic N) is 3. The highest BCUT2D eigenvalue weighted by Crippen LogP contribution is 2.46. The SMILES string of the molecule is C[C@@H]1[C@H](c2ccccc2)C[C@H](NC(=O)c2cnc3c(c2)CC2(C3)C(=O)Nc3ncccc32)C(=O)N1CC(F)(F)F.O.O.O. The molecule has 4 heterocycles. The first kappa shape index (κ1) is 33.1. The first-order chi connectivity index (χ1) is 19.1. The first-order valence-corrected chi connectivity index (χ1v) is 13.0. The molecule has 1 saturated heterocycles. The smallest absolute Gasteiger partial charge is 0.406 e. The number of aromatic nitrogens is 2. The van der Waals surface area contributed by atoms with Crippen molar-refractivity contribution in [3.05, 3.63) is 88.9 Å². The molecule has 0 saturated carbocycles. The van der Waals surface area contributed by atoms with E-state index in [0.29, 0.717) is 24.4 Å². The molecule has 6 rings (SSSR count). The summed E-state index contributed by atoms with van der Waals surface area (Å²) in [6.45, 7) is 0.204. The summed E-state index contributed by atoms with van der Waals surface area (Å²) < 4.78 is 40.3. The van der Waals surface area contributed by atoms with Crippen molar-refractivity contribution in [2.75, 3.05) is 11.9 Å². The maximum Gasteiger partial charge on any atom is 0.406 e. The van der Waals surface area contributed by atoms with Crippen LogP contribution in [0.5, 0.6) is 0 Å². The Bertz CT molecular complexity index is 1520. The largest absolute Gasteiger partial charge is 0.412 e. The Balaban J connectivity index is 0.00000169. The van der Waals surface area contributed by atoms with Gasteiger partial charge < -0.3 is 32.0 Å². The highest BCUT2D eigenvalue weighted by molar-refractivity contribution is 6.06. The molecule has 2 aliphatic heterocycles. The third kappa shape index (κ3) is 5.81. The van der Waals surface area contributed by atoms with E-state index in [4.69, 9.17) is 0 Å². The summed E-state index contributed by atoms with van der Waals surface area (Å²) in [4.78, 5) is 49.0. The molecule has 8 N–H and O–H groups in total. The second kappa shape index (κ2) is 12.1. The molecule has 4 atom stereocenters. The number of carbonyl (C=O) groups excluding carboxylic acids is 3. The van der Waals surface area contributed by atoms with Gasteiger partial charge in [-0.05, 0) is 43.0 Å². The van der Waals surface area contributed by atoms with Gasteiger partial charge in [-0.3, -0.25) is 19.4 Å². The number of piperidine rings is 1. The highest BCUT2D eigenvalue weighted by Gasteiger charge is 2.52. The molecule has 14 heteroatoms. The molecule has 3 aromatic rings. The van der Waals surface area contributed by atoms with Crippen LogP contribution in [0.3, 0.4) is 0 Å². The number of anilines is 1. The molecule has 11 nitrogen and oxygen atoms in total. The highest BCUT2D eigenvalue weighted by atomic mass is 19.4. The molecule has 0 radical (unpaired) electrons. The van der Waals surface area contributed by atoms with E-state index in [1.54, 1.807) is 37.4 Å². The van der Waals surface area contributed by atoms with Gasteiger partial charge in [0, 0.05) is 42.0 Å². The Kier molecular flexibility index (Phi) is 9.29. The minimum atomic E-state index is -4.59. The van der Waals surface area contributed by atoms with E-state index in [1.165, 1.54) is 6.20 Å². The van der Waals surface area contributed by atoms with Crippen LogP contribution in [0.1, 0.15) is 52.0 Å². The minimum Gasteiger partial charge on any atom is -0.412 e. The fraction of sp³-hybridized carbons (Fsp3) is 0.345. The standard InChI is InChI=1S/C29H26F3N5O3.3H2O/c1-16-20(17-6-3-2-4-7-17)11-22(26(39)37(16)15-29(30,31)32)35-25(38)19-10-18-12-28(13-23(18)34-14-19)21-8-5-9-33-24(21)36-27(28)40;;;/h2-10,14,16,20,22H,11-13,15H2,1H3,(H,35,38)(H,33,36,40);3*1H2/t16-,20-,22+,28?;;;/m1.../s1. The summed E-state index contributed by atoms with van der Waals surface area (Å²) in [6, 6.07) is 12.4. The van der Waals surface area contributed by atoms with Crippen LogP contribution < -0.4 is 10.6 Å². The van der Waals surface area contributed by atoms with Crippen LogP contribution in [0.4, 0.5) is 19.0 Å². The van der Waals surface area contributed by atoms with Gasteiger partial charge in [0.1, 0.15) is 18.4 Å². The second-order valence-corrected chi connectivity index (χ2v) is 10.7. The number of alkyl halides is 3. The molecule has 0 bridgehead atoms. The molecule has 1 spiro atoms. The Morgan fingerprint density at radius 3 is 2.49 bits per heavy atom. The predicted octanol–water partition coefficient (Wildman–Crippen LogP) is 1.06. The fourth-order valence-electron chi connectivity index (χ4n) is 6.30. The lowest BCUT2D eigenvalue weighted by Crippen LogP contribution is -2.59. The Morgan fingerprint density at radius 1 is 1.07 bits per heavy atom. The monoisotopic (exact) mass is 603 g/mol. The molecule has 1 aliphatic carbocycles. The number of halogens is 3. The van der Waals surface area contributed by atoms with Crippen molar-refractivity contribution < 1.29 is 44.0 Å². The average molecular weight is 604 g/mol. The number of rotatable bonds is 4. The van der Waals surface area contributed by atoms with Gasteiger partial charge in [-0.1, -0.05) is 36.4 Å². The van der Waals surface area contributed by atoms with Gasteiger partial charge in [-0.2, -0.15) is 13.2 Å². The van der Waals surface area contributed by atoms with E-state index in [2.05, 4.69) is 20.6 Å². The molecule has 1 fully saturated rings. The summed E-state index contributed by atoms with van der Waals surface area (Å²) in [5.41, 5.74) is 2.30. The average Bonchev–Trinajstić information content (AvgIpc) is 3.44. The number of fused-ring (bicyclic) bond motifs is 3. The van der Waals surface area contributed by atoms with Crippen molar-refractivity contribution in [3.8, 4) is 0 Å². The quantitative estimate of drug-likeness (QED) is 0.448. The Hall–Kier alpha value is -4.40. The molecule has 3 aliphatic rings. The molecular formula is C29H32F3N5O6. The van der Waals surface area contributed by atoms with Crippen molar-refractivity contribution in [3.63, 3.8) is 0 Å². The van der Waals surface area contributed by atoms with Gasteiger partial charge in [0.2, 0.25) is 11.8 Å². The van der Waals surface area contributed by atoms with E-state index in [-0.39, 0.29) is 34.3 Å². The first-order valence-electron chi connectivity index (χ1n) is 13.0. The zero-order chi connectivity index (χ0) is 28.2. The van der Waals surface area contributed by atoms with E-state index in [1.807, 2.05) is 24.3 Å². The lowest BCUT2D eigenvalue weighted by molar-refractivity contribution is -0.170. The predicted molar refractivity (Wildman–Crippen MR) is 149 cm³/mol. The van der Waals surface area contributed by atoms with Gasteiger partial charge in [0.25, 0.3) is 5.91 Å². The summed E-state index contributed by atoms with van der Waals surface area (Å²) in [5, 5.41) is 5.49. The zero-order valence-corrected chi connectivity index (χ0v) is 23.0. The number of likely N-dealkylation sites (tertiary alicyclic amines) is 1. The summed E-state index contributed by atoms with van der Waals surface area (Å²) in [6.07, 6.45) is -0.753. The lowest BCUT2D eigenvalue weighted by Gasteiger charge is -2.43. The molecule has 2 aromatic heterocycles. The third-order valence-electron chi connectivity index (χ3n) is 8.30. The Morgan fingerprint density at radius 2 is 1.79 bits per heavy atom. The van der Waals surface area contributed by atoms with Gasteiger partial charge >= 0.3 is 6.18 Å². The molecule has 43 heavy (non-hydrogen) atoms. The van der Waals surface area contributed by atoms with Gasteiger partial charge in [-0.25, -0.2) is 4.98 Å². The van der Waals surface area contributed by atoms with E-state index in [9.17, 15) is 27.6 Å². The lowest BCUT2D eigenvalue weighted by atomic mass is 9.80. The number of amides is 3. The van der Waals surface area contributed by atoms with Crippen LogP contribution >= 0.6 is 0 Å². The molecular weight excluding hydrogens is 571 g/mol. The Labute approximate surface area is 244 Å². The maximum atomic E-state index is 13.4. The van der Waals surface area contributed by atoms with Crippen molar-refractivity contribution in [2.45, 2.75) is 55.8 Å². The number of carbonyl (C=O) groups is 3. The maximum absolute atomic E-state index is 13.4. The second-order valence-electron chi connectivity index (χ2n) is 10.7. The van der Waals surface area contributed by atoms with Gasteiger partial charge in [0.05, 0.1) is 11.0 Å². The van der Waals surface area contributed by atoms with Gasteiger partial charge in [-0.15, -0.1) is 0 Å². The molecule has 3 amide bonds. The number of pyridine rings is 2. The van der Waals surface area contributed by atoms with E-state index in [0.717, 1.165) is 21.6 Å². The zero-order valence-electron chi connectivity index (χ0n) is 23.0. The van der Waals surface area contributed by atoms with Crippen molar-refractivity contribution in [1.82, 2.24) is 20.2 Å². The summed E-state index contributed by atoms with van der Waals surface area (Å²) in [5.74, 6) is -1.45. The van der Waals surface area contributed by atoms with Gasteiger partial charge in [0.15, 0.2) is 0 Å². The summed E-state index contributed by atoms with van der Waals surface area (Å²) in [7, 11) is 0. The molecule has 230 valence electrons. The van der Waals surface area contributed by atoms with Crippen LogP contribution in [-0.4, -0.2) is 73.8 Å². The topological polar surface area (TPSA) is 199 Å². The van der Waals surface area contributed by atoms with Crippen LogP contribution in [0, 0.1) is 0 Å². The van der Waals surface area contributed by atoms with E-state index >= 15 is 0 Å². The van der Waals surface area contributed by atoms with E-state index < -0.39 is 48.0 Å². The minimum absolute atomic E-state index is 0. The summed E-state index contributed by atoms with van der Waals surface area (Å²) >= 11 is 0. The normalized spacial score (nSPS) is 23.7. The van der Waals surface area contributed by atoms with Crippen LogP contribution in [0.25, 0.3) is 0 Å². The fourth-order valence-corrected chi connectivity index (χ4v) is 6.30. The van der Waals surface area contributed by atoms with Crippen LogP contribution in [0.15, 0.2) is 60.9 Å². The van der Waals surface area contributed by atoms with Crippen molar-refractivity contribution >= 4 is 23.5 Å². The number of hydrogen-bond acceptors (Lipinski definition) is 5. The van der Waals surface area contributed by atoms with Crippen molar-refractivity contribution in [2.24, 2.45) is 0 Å². The molecule has 1 unspecified atom stereocenters. The molecule has 1 aromatic carbocycles. The van der Waals surface area contributed by atoms with Crippen LogP contribution in [0.2, 0.25) is 0 Å². The van der Waals surface area contributed by atoms with Crippen molar-refractivity contribution in [1.29, 1.82) is 0 Å². The number of nitrogens with one attached hydrogen (secondary N) is 2. The third-order valence-corrected chi connectivity index (χ3v) is 8.30. The number of hydrogen-bond donors (Lipinski definition) is 2. The number of benzene rings is 1. The van der Waals surface area contributed by atoms with Crippen LogP contribution in [-0.2, 0) is 27.8 Å².